The molecule has 0 saturated carbocycles. The van der Waals surface area contributed by atoms with E-state index in [2.05, 4.69) is 15.5 Å². The lowest BCUT2D eigenvalue weighted by Crippen LogP contribution is -2.21. The van der Waals surface area contributed by atoms with Crippen LogP contribution in [0.3, 0.4) is 0 Å². The second kappa shape index (κ2) is 6.28. The molecule has 106 valence electrons. The number of nitrogens with one attached hydrogen (secondary N) is 1. The molecule has 21 heavy (non-hydrogen) atoms. The van der Waals surface area contributed by atoms with Gasteiger partial charge in [-0.3, -0.25) is 9.78 Å². The maximum atomic E-state index is 12.0. The zero-order chi connectivity index (χ0) is 14.7. The van der Waals surface area contributed by atoms with Gasteiger partial charge in [0.25, 0.3) is 5.91 Å². The lowest BCUT2D eigenvalue weighted by Gasteiger charge is -2.17. The number of rotatable bonds is 2. The van der Waals surface area contributed by atoms with Crippen molar-refractivity contribution < 1.29 is 4.79 Å². The Kier molecular flexibility index (Phi) is 4.22. The van der Waals surface area contributed by atoms with Crippen molar-refractivity contribution in [3.05, 3.63) is 58.9 Å². The SMILES string of the molecule is O=C(N/N=C1\CCSc2ccc(Cl)cc21)c1ccncc1. The van der Waals surface area contributed by atoms with E-state index in [1.807, 2.05) is 18.2 Å². The molecule has 1 aliphatic rings. The van der Waals surface area contributed by atoms with Crippen LogP contribution >= 0.6 is 23.4 Å². The minimum Gasteiger partial charge on any atom is -0.267 e. The molecule has 0 radical (unpaired) electrons. The number of pyridine rings is 1. The molecule has 4 nitrogen and oxygen atoms in total. The second-order valence-electron chi connectivity index (χ2n) is 4.47. The summed E-state index contributed by atoms with van der Waals surface area (Å²) in [4.78, 5) is 17.0. The normalized spacial score (nSPS) is 15.6. The maximum absolute atomic E-state index is 12.0. The Labute approximate surface area is 131 Å². The molecule has 0 fully saturated rings. The molecule has 0 saturated heterocycles. The van der Waals surface area contributed by atoms with Gasteiger partial charge in [0.1, 0.15) is 0 Å². The molecule has 1 N–H and O–H groups in total. The van der Waals surface area contributed by atoms with Gasteiger partial charge in [-0.1, -0.05) is 11.6 Å². The van der Waals surface area contributed by atoms with Gasteiger partial charge in [-0.25, -0.2) is 5.43 Å². The molecule has 2 heterocycles. The zero-order valence-corrected chi connectivity index (χ0v) is 12.6. The first-order valence-corrected chi connectivity index (χ1v) is 7.80. The zero-order valence-electron chi connectivity index (χ0n) is 11.0. The third-order valence-corrected chi connectivity index (χ3v) is 4.39. The molecule has 0 aliphatic carbocycles. The Bertz CT molecular complexity index is 703. The number of hydrogen-bond donors (Lipinski definition) is 1. The Morgan fingerprint density at radius 3 is 2.90 bits per heavy atom. The van der Waals surface area contributed by atoms with Crippen molar-refractivity contribution in [1.82, 2.24) is 10.4 Å². The first-order chi connectivity index (χ1) is 10.2. The Hall–Kier alpha value is -1.85. The maximum Gasteiger partial charge on any atom is 0.271 e. The Balaban J connectivity index is 1.82. The molecule has 0 unspecified atom stereocenters. The van der Waals surface area contributed by atoms with Crippen LogP contribution in [-0.2, 0) is 0 Å². The monoisotopic (exact) mass is 317 g/mol. The summed E-state index contributed by atoms with van der Waals surface area (Å²) in [6.07, 6.45) is 3.96. The van der Waals surface area contributed by atoms with E-state index in [0.29, 0.717) is 10.6 Å². The molecule has 0 bridgehead atoms. The summed E-state index contributed by atoms with van der Waals surface area (Å²) in [5, 5.41) is 4.94. The van der Waals surface area contributed by atoms with Crippen LogP contribution in [0.5, 0.6) is 0 Å². The number of carbonyl (C=O) groups is 1. The smallest absolute Gasteiger partial charge is 0.267 e. The molecular weight excluding hydrogens is 306 g/mol. The number of benzene rings is 1. The van der Waals surface area contributed by atoms with Gasteiger partial charge in [0, 0.05) is 45.6 Å². The van der Waals surface area contributed by atoms with E-state index in [0.717, 1.165) is 28.3 Å². The lowest BCUT2D eigenvalue weighted by molar-refractivity contribution is 0.0954. The molecule has 1 aliphatic heterocycles. The molecule has 0 spiro atoms. The quantitative estimate of drug-likeness (QED) is 0.864. The van der Waals surface area contributed by atoms with Crippen molar-refractivity contribution in [1.29, 1.82) is 0 Å². The van der Waals surface area contributed by atoms with Gasteiger partial charge >= 0.3 is 0 Å². The van der Waals surface area contributed by atoms with E-state index in [1.165, 1.54) is 0 Å². The molecule has 1 aromatic carbocycles. The van der Waals surface area contributed by atoms with E-state index in [9.17, 15) is 4.79 Å². The first-order valence-electron chi connectivity index (χ1n) is 6.44. The molecule has 6 heteroatoms. The van der Waals surface area contributed by atoms with Crippen LogP contribution in [0.25, 0.3) is 0 Å². The number of aromatic nitrogens is 1. The lowest BCUT2D eigenvalue weighted by atomic mass is 10.1. The predicted molar refractivity (Wildman–Crippen MR) is 85.0 cm³/mol. The highest BCUT2D eigenvalue weighted by molar-refractivity contribution is 7.99. The van der Waals surface area contributed by atoms with Gasteiger partial charge in [0.2, 0.25) is 0 Å². The summed E-state index contributed by atoms with van der Waals surface area (Å²) >= 11 is 7.81. The van der Waals surface area contributed by atoms with Crippen molar-refractivity contribution in [2.75, 3.05) is 5.75 Å². The highest BCUT2D eigenvalue weighted by atomic mass is 35.5. The van der Waals surface area contributed by atoms with Crippen molar-refractivity contribution in [3.8, 4) is 0 Å². The third-order valence-electron chi connectivity index (χ3n) is 3.08. The number of nitrogens with zero attached hydrogens (tertiary/aromatic N) is 2. The molecule has 0 atom stereocenters. The predicted octanol–water partition coefficient (Wildman–Crippen LogP) is 3.36. The highest BCUT2D eigenvalue weighted by Crippen LogP contribution is 2.32. The van der Waals surface area contributed by atoms with E-state index < -0.39 is 0 Å². The number of hydrogen-bond acceptors (Lipinski definition) is 4. The largest absolute Gasteiger partial charge is 0.271 e. The number of amides is 1. The van der Waals surface area contributed by atoms with Crippen LogP contribution in [0, 0.1) is 0 Å². The fourth-order valence-corrected chi connectivity index (χ4v) is 3.23. The van der Waals surface area contributed by atoms with Crippen LogP contribution in [0.1, 0.15) is 22.3 Å². The minimum atomic E-state index is -0.244. The first kappa shape index (κ1) is 14.1. The molecular formula is C15H12ClN3OS. The van der Waals surface area contributed by atoms with Gasteiger partial charge < -0.3 is 0 Å². The summed E-state index contributed by atoms with van der Waals surface area (Å²) in [6.45, 7) is 0. The molecule has 1 amide bonds. The van der Waals surface area contributed by atoms with E-state index >= 15 is 0 Å². The van der Waals surface area contributed by atoms with Gasteiger partial charge in [0.15, 0.2) is 0 Å². The van der Waals surface area contributed by atoms with Crippen LogP contribution in [0.2, 0.25) is 5.02 Å². The van der Waals surface area contributed by atoms with Crippen molar-refractivity contribution in [3.63, 3.8) is 0 Å². The average molecular weight is 318 g/mol. The highest BCUT2D eigenvalue weighted by Gasteiger charge is 2.17. The molecule has 3 rings (SSSR count). The van der Waals surface area contributed by atoms with E-state index in [4.69, 9.17) is 11.6 Å². The summed E-state index contributed by atoms with van der Waals surface area (Å²) in [5.74, 6) is 0.699. The van der Waals surface area contributed by atoms with Crippen molar-refractivity contribution in [2.24, 2.45) is 5.10 Å². The fraction of sp³-hybridized carbons (Fsp3) is 0.133. The van der Waals surface area contributed by atoms with Crippen molar-refractivity contribution in [2.45, 2.75) is 11.3 Å². The fourth-order valence-electron chi connectivity index (χ4n) is 2.05. The Morgan fingerprint density at radius 1 is 1.29 bits per heavy atom. The van der Waals surface area contributed by atoms with Crippen LogP contribution in [-0.4, -0.2) is 22.4 Å². The van der Waals surface area contributed by atoms with Crippen LogP contribution < -0.4 is 5.43 Å². The number of halogens is 1. The van der Waals surface area contributed by atoms with Gasteiger partial charge in [-0.05, 0) is 30.3 Å². The van der Waals surface area contributed by atoms with E-state index in [-0.39, 0.29) is 5.91 Å². The molecule has 2 aromatic rings. The van der Waals surface area contributed by atoms with E-state index in [1.54, 1.807) is 36.3 Å². The minimum absolute atomic E-state index is 0.244. The topological polar surface area (TPSA) is 54.4 Å². The average Bonchev–Trinajstić information content (AvgIpc) is 2.53. The van der Waals surface area contributed by atoms with Crippen LogP contribution in [0.4, 0.5) is 0 Å². The summed E-state index contributed by atoms with van der Waals surface area (Å²) in [6, 6.07) is 9.04. The number of hydrazone groups is 1. The summed E-state index contributed by atoms with van der Waals surface area (Å²) in [7, 11) is 0. The molecule has 1 aromatic heterocycles. The number of thioether (sulfide) groups is 1. The van der Waals surface area contributed by atoms with Gasteiger partial charge in [0.05, 0.1) is 5.71 Å². The number of carbonyl (C=O) groups excluding carboxylic acids is 1. The Morgan fingerprint density at radius 2 is 2.10 bits per heavy atom. The van der Waals surface area contributed by atoms with Gasteiger partial charge in [-0.2, -0.15) is 5.10 Å². The van der Waals surface area contributed by atoms with Crippen molar-refractivity contribution >= 4 is 35.0 Å². The van der Waals surface area contributed by atoms with Crippen LogP contribution in [0.15, 0.2) is 52.7 Å². The summed E-state index contributed by atoms with van der Waals surface area (Å²) < 4.78 is 0. The van der Waals surface area contributed by atoms with Gasteiger partial charge in [-0.15, -0.1) is 11.8 Å². The summed E-state index contributed by atoms with van der Waals surface area (Å²) in [5.41, 5.74) is 4.98. The third kappa shape index (κ3) is 3.25. The second-order valence-corrected chi connectivity index (χ2v) is 6.05. The number of fused-ring (bicyclic) bond motifs is 1. The standard InChI is InChI=1S/C15H12ClN3OS/c16-11-1-2-14-12(9-11)13(5-8-21-14)18-19-15(20)10-3-6-17-7-4-10/h1-4,6-7,9H,5,8H2,(H,19,20)/b18-13+.